The van der Waals surface area contributed by atoms with Crippen molar-refractivity contribution in [3.8, 4) is 0 Å². The van der Waals surface area contributed by atoms with Crippen LogP contribution in [0.3, 0.4) is 0 Å². The molecule has 0 radical (unpaired) electrons. The smallest absolute Gasteiger partial charge is 0.307 e. The van der Waals surface area contributed by atoms with Crippen molar-refractivity contribution in [2.75, 3.05) is 0 Å². The Labute approximate surface area is 135 Å². The van der Waals surface area contributed by atoms with Crippen molar-refractivity contribution in [2.24, 2.45) is 0 Å². The van der Waals surface area contributed by atoms with Crippen molar-refractivity contribution in [1.82, 2.24) is 9.97 Å². The highest BCUT2D eigenvalue weighted by Gasteiger charge is 2.24. The highest BCUT2D eigenvalue weighted by molar-refractivity contribution is 6.28. The molecule has 5 heteroatoms. The zero-order chi connectivity index (χ0) is 16.2. The second-order valence-corrected chi connectivity index (χ2v) is 6.34. The van der Waals surface area contributed by atoms with Gasteiger partial charge in [-0.15, -0.1) is 0 Å². The summed E-state index contributed by atoms with van der Waals surface area (Å²) in [5, 5.41) is 0.169. The van der Waals surface area contributed by atoms with Gasteiger partial charge in [0.2, 0.25) is 5.28 Å². The number of carbonyl (C=O) groups is 1. The number of hydrogen-bond acceptors (Lipinski definition) is 4. The number of ether oxygens (including phenoxy) is 1. The van der Waals surface area contributed by atoms with Crippen LogP contribution < -0.4 is 0 Å². The van der Waals surface area contributed by atoms with Crippen molar-refractivity contribution >= 4 is 17.6 Å². The molecule has 4 nitrogen and oxygen atoms in total. The predicted molar refractivity (Wildman–Crippen MR) is 85.8 cm³/mol. The van der Waals surface area contributed by atoms with Gasteiger partial charge in [0.1, 0.15) is 5.60 Å². The van der Waals surface area contributed by atoms with Gasteiger partial charge in [0, 0.05) is 12.1 Å². The lowest BCUT2D eigenvalue weighted by molar-refractivity contribution is -0.155. The zero-order valence-electron chi connectivity index (χ0n) is 12.9. The van der Waals surface area contributed by atoms with Crippen molar-refractivity contribution in [2.45, 2.75) is 38.7 Å². The van der Waals surface area contributed by atoms with Crippen LogP contribution in [0, 0.1) is 0 Å². The maximum absolute atomic E-state index is 12.2. The molecule has 1 atom stereocenters. The van der Waals surface area contributed by atoms with Gasteiger partial charge in [0.25, 0.3) is 0 Å². The van der Waals surface area contributed by atoms with Gasteiger partial charge in [-0.25, -0.2) is 9.97 Å². The van der Waals surface area contributed by atoms with E-state index in [0.717, 1.165) is 5.56 Å². The Morgan fingerprint density at radius 1 is 1.23 bits per heavy atom. The van der Waals surface area contributed by atoms with Gasteiger partial charge >= 0.3 is 5.97 Å². The Balaban J connectivity index is 2.29. The Morgan fingerprint density at radius 3 is 2.50 bits per heavy atom. The molecule has 0 fully saturated rings. The molecule has 1 heterocycles. The van der Waals surface area contributed by atoms with Crippen molar-refractivity contribution in [3.63, 3.8) is 0 Å². The molecule has 0 aliphatic heterocycles. The zero-order valence-corrected chi connectivity index (χ0v) is 13.7. The molecule has 1 unspecified atom stereocenters. The van der Waals surface area contributed by atoms with E-state index in [4.69, 9.17) is 16.3 Å². The summed E-state index contributed by atoms with van der Waals surface area (Å²) in [7, 11) is 0. The summed E-state index contributed by atoms with van der Waals surface area (Å²) < 4.78 is 5.43. The summed E-state index contributed by atoms with van der Waals surface area (Å²) in [5.74, 6) is -0.479. The van der Waals surface area contributed by atoms with E-state index in [-0.39, 0.29) is 23.6 Å². The number of halogens is 1. The van der Waals surface area contributed by atoms with E-state index in [2.05, 4.69) is 9.97 Å². The minimum Gasteiger partial charge on any atom is -0.460 e. The first-order valence-corrected chi connectivity index (χ1v) is 7.48. The van der Waals surface area contributed by atoms with Crippen LogP contribution in [-0.4, -0.2) is 21.5 Å². The molecule has 0 N–H and O–H groups in total. The number of nitrogens with zero attached hydrogens (tertiary/aromatic N) is 2. The van der Waals surface area contributed by atoms with E-state index in [1.807, 2.05) is 51.1 Å². The first-order valence-electron chi connectivity index (χ1n) is 7.10. The number of rotatable bonds is 4. The third-order valence-corrected chi connectivity index (χ3v) is 3.18. The van der Waals surface area contributed by atoms with Crippen LogP contribution in [0.5, 0.6) is 0 Å². The molecule has 1 aromatic carbocycles. The number of carbonyl (C=O) groups excluding carboxylic acids is 1. The van der Waals surface area contributed by atoms with Gasteiger partial charge in [0.15, 0.2) is 0 Å². The van der Waals surface area contributed by atoms with Crippen LogP contribution in [0.2, 0.25) is 5.28 Å². The number of hydrogen-bond donors (Lipinski definition) is 0. The third-order valence-electron chi connectivity index (χ3n) is 3.00. The average Bonchev–Trinajstić information content (AvgIpc) is 2.44. The van der Waals surface area contributed by atoms with Crippen LogP contribution in [0.15, 0.2) is 42.6 Å². The highest BCUT2D eigenvalue weighted by atomic mass is 35.5. The normalized spacial score (nSPS) is 12.7. The Bertz CT molecular complexity index is 639. The molecular weight excluding hydrogens is 300 g/mol. The minimum atomic E-state index is -0.512. The van der Waals surface area contributed by atoms with E-state index in [9.17, 15) is 4.79 Å². The maximum Gasteiger partial charge on any atom is 0.307 e. The second kappa shape index (κ2) is 6.88. The number of aromatic nitrogens is 2. The number of esters is 1. The van der Waals surface area contributed by atoms with E-state index < -0.39 is 5.60 Å². The van der Waals surface area contributed by atoms with Gasteiger partial charge in [-0.05, 0) is 44.0 Å². The fourth-order valence-corrected chi connectivity index (χ4v) is 2.32. The Hall–Kier alpha value is -1.94. The lowest BCUT2D eigenvalue weighted by Crippen LogP contribution is -2.25. The predicted octanol–water partition coefficient (Wildman–Crippen LogP) is 3.99. The molecule has 0 amide bonds. The molecule has 22 heavy (non-hydrogen) atoms. The summed E-state index contributed by atoms with van der Waals surface area (Å²) in [6.45, 7) is 5.55. The molecular formula is C17H19ClN2O2. The Morgan fingerprint density at radius 2 is 1.91 bits per heavy atom. The van der Waals surface area contributed by atoms with Crippen LogP contribution in [0.1, 0.15) is 44.4 Å². The van der Waals surface area contributed by atoms with Crippen molar-refractivity contribution < 1.29 is 9.53 Å². The SMILES string of the molecule is CC(C)(C)OC(=O)CC(c1ccccc1)c1ccnc(Cl)n1. The van der Waals surface area contributed by atoms with E-state index in [0.29, 0.717) is 5.69 Å². The van der Waals surface area contributed by atoms with E-state index >= 15 is 0 Å². The summed E-state index contributed by atoms with van der Waals surface area (Å²) in [6.07, 6.45) is 1.80. The molecule has 0 saturated carbocycles. The molecule has 116 valence electrons. The molecule has 2 rings (SSSR count). The van der Waals surface area contributed by atoms with Crippen LogP contribution in [0.25, 0.3) is 0 Å². The fraction of sp³-hybridized carbons (Fsp3) is 0.353. The quantitative estimate of drug-likeness (QED) is 0.631. The lowest BCUT2D eigenvalue weighted by atomic mass is 9.92. The van der Waals surface area contributed by atoms with E-state index in [1.54, 1.807) is 12.3 Å². The standard InChI is InChI=1S/C17H19ClN2O2/c1-17(2,3)22-15(21)11-13(12-7-5-4-6-8-12)14-9-10-19-16(18)20-14/h4-10,13H,11H2,1-3H3. The molecule has 2 aromatic rings. The fourth-order valence-electron chi connectivity index (χ4n) is 2.17. The third kappa shape index (κ3) is 4.81. The monoisotopic (exact) mass is 318 g/mol. The van der Waals surface area contributed by atoms with Gasteiger partial charge < -0.3 is 4.74 Å². The Kier molecular flexibility index (Phi) is 5.14. The van der Waals surface area contributed by atoms with Gasteiger partial charge in [-0.1, -0.05) is 30.3 Å². The van der Waals surface area contributed by atoms with Crippen molar-refractivity contribution in [1.29, 1.82) is 0 Å². The summed E-state index contributed by atoms with van der Waals surface area (Å²) in [5.41, 5.74) is 1.18. The number of benzene rings is 1. The van der Waals surface area contributed by atoms with Crippen LogP contribution in [-0.2, 0) is 9.53 Å². The van der Waals surface area contributed by atoms with Gasteiger partial charge in [-0.2, -0.15) is 0 Å². The first-order chi connectivity index (χ1) is 10.3. The highest BCUT2D eigenvalue weighted by Crippen LogP contribution is 2.28. The lowest BCUT2D eigenvalue weighted by Gasteiger charge is -2.22. The van der Waals surface area contributed by atoms with Gasteiger partial charge in [-0.3, -0.25) is 4.79 Å². The average molecular weight is 319 g/mol. The van der Waals surface area contributed by atoms with Crippen molar-refractivity contribution in [3.05, 3.63) is 59.1 Å². The molecule has 0 aliphatic carbocycles. The molecule has 1 aromatic heterocycles. The van der Waals surface area contributed by atoms with E-state index in [1.165, 1.54) is 0 Å². The largest absolute Gasteiger partial charge is 0.460 e. The van der Waals surface area contributed by atoms with Gasteiger partial charge in [0.05, 0.1) is 12.1 Å². The van der Waals surface area contributed by atoms with Crippen LogP contribution >= 0.6 is 11.6 Å². The molecule has 0 bridgehead atoms. The molecule has 0 aliphatic rings. The summed E-state index contributed by atoms with van der Waals surface area (Å²) in [6, 6.07) is 11.5. The summed E-state index contributed by atoms with van der Waals surface area (Å²) >= 11 is 5.88. The van der Waals surface area contributed by atoms with Crippen LogP contribution in [0.4, 0.5) is 0 Å². The molecule has 0 saturated heterocycles. The second-order valence-electron chi connectivity index (χ2n) is 6.00. The maximum atomic E-state index is 12.2. The summed E-state index contributed by atoms with van der Waals surface area (Å²) in [4.78, 5) is 20.3. The molecule has 0 spiro atoms. The topological polar surface area (TPSA) is 52.1 Å². The first kappa shape index (κ1) is 16.4. The minimum absolute atomic E-state index is 0.169.